The summed E-state index contributed by atoms with van der Waals surface area (Å²) in [5.74, 6) is -0.938. The minimum atomic E-state index is -0.938. The number of nitrogens with zero attached hydrogens (tertiary/aromatic N) is 1. The van der Waals surface area contributed by atoms with Crippen molar-refractivity contribution in [2.45, 2.75) is 52.7 Å². The van der Waals surface area contributed by atoms with Crippen LogP contribution in [0.25, 0.3) is 0 Å². The highest BCUT2D eigenvalue weighted by molar-refractivity contribution is 5.75. The second-order valence-electron chi connectivity index (χ2n) is 6.03. The van der Waals surface area contributed by atoms with Gasteiger partial charge in [-0.05, 0) is 18.8 Å². The van der Waals surface area contributed by atoms with Crippen LogP contribution in [0.3, 0.4) is 0 Å². The lowest BCUT2D eigenvalue weighted by molar-refractivity contribution is -0.138. The Morgan fingerprint density at radius 1 is 1.32 bits per heavy atom. The molecule has 0 aromatic rings. The lowest BCUT2D eigenvalue weighted by Crippen LogP contribution is -2.49. The third kappa shape index (κ3) is 7.66. The minimum Gasteiger partial charge on any atom is -0.481 e. The van der Waals surface area contributed by atoms with E-state index in [9.17, 15) is 14.7 Å². The van der Waals surface area contributed by atoms with Crippen LogP contribution >= 0.6 is 0 Å². The van der Waals surface area contributed by atoms with Crippen LogP contribution in [0.1, 0.15) is 40.5 Å². The average Bonchev–Trinajstić information content (AvgIpc) is 2.22. The largest absolute Gasteiger partial charge is 0.481 e. The van der Waals surface area contributed by atoms with Crippen molar-refractivity contribution in [1.82, 2.24) is 10.2 Å². The molecule has 0 aliphatic rings. The summed E-state index contributed by atoms with van der Waals surface area (Å²) in [4.78, 5) is 24.2. The molecule has 2 unspecified atom stereocenters. The summed E-state index contributed by atoms with van der Waals surface area (Å²) in [7, 11) is 1.62. The second kappa shape index (κ2) is 7.33. The summed E-state index contributed by atoms with van der Waals surface area (Å²) in [6.07, 6.45) is -0.0876. The minimum absolute atomic E-state index is 0.112. The first-order chi connectivity index (χ1) is 8.54. The van der Waals surface area contributed by atoms with Crippen LogP contribution < -0.4 is 5.32 Å². The molecule has 6 heteroatoms. The van der Waals surface area contributed by atoms with Gasteiger partial charge in [0.2, 0.25) is 0 Å². The molecule has 0 aromatic heterocycles. The van der Waals surface area contributed by atoms with Gasteiger partial charge in [-0.2, -0.15) is 0 Å². The molecule has 2 atom stereocenters. The Bertz CT molecular complexity index is 310. The second-order valence-corrected chi connectivity index (χ2v) is 6.03. The van der Waals surface area contributed by atoms with Gasteiger partial charge in [0.25, 0.3) is 0 Å². The lowest BCUT2D eigenvalue weighted by atomic mass is 9.85. The van der Waals surface area contributed by atoms with E-state index in [1.807, 2.05) is 20.8 Å². The van der Waals surface area contributed by atoms with Crippen LogP contribution in [0.5, 0.6) is 0 Å². The van der Waals surface area contributed by atoms with Crippen LogP contribution in [0.15, 0.2) is 0 Å². The topological polar surface area (TPSA) is 89.9 Å². The van der Waals surface area contributed by atoms with Gasteiger partial charge in [-0.15, -0.1) is 0 Å². The van der Waals surface area contributed by atoms with Crippen molar-refractivity contribution in [3.8, 4) is 0 Å². The number of amides is 2. The highest BCUT2D eigenvalue weighted by atomic mass is 16.4. The zero-order chi connectivity index (χ0) is 15.2. The fourth-order valence-corrected chi connectivity index (χ4v) is 1.49. The Balaban J connectivity index is 4.50. The zero-order valence-corrected chi connectivity index (χ0v) is 12.4. The number of aliphatic carboxylic acids is 1. The van der Waals surface area contributed by atoms with E-state index < -0.39 is 18.1 Å². The molecule has 0 radical (unpaired) electrons. The van der Waals surface area contributed by atoms with Gasteiger partial charge >= 0.3 is 12.0 Å². The van der Waals surface area contributed by atoms with Crippen LogP contribution in [-0.4, -0.2) is 52.9 Å². The van der Waals surface area contributed by atoms with Crippen molar-refractivity contribution < 1.29 is 19.8 Å². The zero-order valence-electron chi connectivity index (χ0n) is 12.4. The fraction of sp³-hybridized carbons (Fsp3) is 0.846. The Morgan fingerprint density at radius 2 is 1.84 bits per heavy atom. The molecule has 3 N–H and O–H groups in total. The number of hydrogen-bond acceptors (Lipinski definition) is 3. The van der Waals surface area contributed by atoms with Crippen LogP contribution in [0, 0.1) is 5.41 Å². The molecule has 0 heterocycles. The van der Waals surface area contributed by atoms with Crippen LogP contribution in [0.2, 0.25) is 0 Å². The smallest absolute Gasteiger partial charge is 0.317 e. The molecule has 0 spiro atoms. The number of aliphatic hydroxyl groups is 1. The maximum absolute atomic E-state index is 11.9. The third-order valence-corrected chi connectivity index (χ3v) is 2.95. The van der Waals surface area contributed by atoms with Crippen molar-refractivity contribution in [3.63, 3.8) is 0 Å². The quantitative estimate of drug-likeness (QED) is 0.680. The standard InChI is InChI=1S/C13H26N2O4/c1-9(16)6-7-15(5)12(19)14-10(8-11(17)18)13(2,3)4/h9-10,16H,6-8H2,1-5H3,(H,14,19)(H,17,18). The Morgan fingerprint density at radius 3 is 2.21 bits per heavy atom. The average molecular weight is 274 g/mol. The summed E-state index contributed by atoms with van der Waals surface area (Å²) in [5, 5.41) is 20.8. The fourth-order valence-electron chi connectivity index (χ4n) is 1.49. The number of carbonyl (C=O) groups excluding carboxylic acids is 1. The molecule has 0 aliphatic heterocycles. The van der Waals surface area contributed by atoms with Gasteiger partial charge in [-0.3, -0.25) is 4.79 Å². The van der Waals surface area contributed by atoms with Crippen molar-refractivity contribution in [2.75, 3.05) is 13.6 Å². The highest BCUT2D eigenvalue weighted by Crippen LogP contribution is 2.22. The molecule has 0 saturated carbocycles. The SMILES string of the molecule is CC(O)CCN(C)C(=O)NC(CC(=O)O)C(C)(C)C. The van der Waals surface area contributed by atoms with E-state index in [1.165, 1.54) is 4.90 Å². The van der Waals surface area contributed by atoms with Crippen molar-refractivity contribution >= 4 is 12.0 Å². The predicted molar refractivity (Wildman–Crippen MR) is 73.0 cm³/mol. The molecule has 112 valence electrons. The number of carboxylic acids is 1. The Labute approximate surface area is 114 Å². The van der Waals surface area contributed by atoms with Gasteiger partial charge in [0.05, 0.1) is 12.5 Å². The highest BCUT2D eigenvalue weighted by Gasteiger charge is 2.29. The number of carbonyl (C=O) groups is 2. The molecule has 6 nitrogen and oxygen atoms in total. The van der Waals surface area contributed by atoms with E-state index >= 15 is 0 Å². The summed E-state index contributed by atoms with van der Waals surface area (Å²) in [5.41, 5.74) is -0.334. The first-order valence-electron chi connectivity index (χ1n) is 6.45. The van der Waals surface area contributed by atoms with E-state index in [2.05, 4.69) is 5.32 Å². The van der Waals surface area contributed by atoms with Crippen molar-refractivity contribution in [2.24, 2.45) is 5.41 Å². The first-order valence-corrected chi connectivity index (χ1v) is 6.45. The third-order valence-electron chi connectivity index (χ3n) is 2.95. The number of aliphatic hydroxyl groups excluding tert-OH is 1. The number of rotatable bonds is 6. The molecular formula is C13H26N2O4. The number of hydrogen-bond donors (Lipinski definition) is 3. The molecule has 0 bridgehead atoms. The first kappa shape index (κ1) is 17.7. The molecule has 2 amide bonds. The van der Waals surface area contributed by atoms with E-state index in [4.69, 9.17) is 5.11 Å². The van der Waals surface area contributed by atoms with E-state index in [-0.39, 0.29) is 17.9 Å². The number of carboxylic acid groups (broad SMARTS) is 1. The monoisotopic (exact) mass is 274 g/mol. The van der Waals surface area contributed by atoms with E-state index in [1.54, 1.807) is 14.0 Å². The Hall–Kier alpha value is -1.30. The maximum Gasteiger partial charge on any atom is 0.317 e. The summed E-state index contributed by atoms with van der Waals surface area (Å²) < 4.78 is 0. The van der Waals surface area contributed by atoms with Gasteiger partial charge in [-0.1, -0.05) is 20.8 Å². The van der Waals surface area contributed by atoms with E-state index in [0.717, 1.165) is 0 Å². The Kier molecular flexibility index (Phi) is 6.83. The van der Waals surface area contributed by atoms with Crippen molar-refractivity contribution in [3.05, 3.63) is 0 Å². The number of nitrogens with one attached hydrogen (secondary N) is 1. The van der Waals surface area contributed by atoms with Crippen LogP contribution in [-0.2, 0) is 4.79 Å². The van der Waals surface area contributed by atoms with Gasteiger partial charge in [-0.25, -0.2) is 4.79 Å². The maximum atomic E-state index is 11.9. The van der Waals surface area contributed by atoms with Crippen LogP contribution in [0.4, 0.5) is 4.79 Å². The molecule has 0 saturated heterocycles. The molecule has 0 rings (SSSR count). The normalized spacial score (nSPS) is 14.6. The van der Waals surface area contributed by atoms with Gasteiger partial charge in [0, 0.05) is 19.6 Å². The van der Waals surface area contributed by atoms with E-state index in [0.29, 0.717) is 13.0 Å². The lowest BCUT2D eigenvalue weighted by Gasteiger charge is -2.32. The predicted octanol–water partition coefficient (Wildman–Crippen LogP) is 1.29. The molecule has 19 heavy (non-hydrogen) atoms. The molecule has 0 fully saturated rings. The summed E-state index contributed by atoms with van der Waals surface area (Å²) in [6.45, 7) is 7.74. The summed E-state index contributed by atoms with van der Waals surface area (Å²) in [6, 6.07) is -0.756. The molecule has 0 aliphatic carbocycles. The number of urea groups is 1. The molecular weight excluding hydrogens is 248 g/mol. The van der Waals surface area contributed by atoms with Gasteiger partial charge in [0.15, 0.2) is 0 Å². The summed E-state index contributed by atoms with van der Waals surface area (Å²) >= 11 is 0. The van der Waals surface area contributed by atoms with Crippen molar-refractivity contribution in [1.29, 1.82) is 0 Å². The molecule has 0 aromatic carbocycles. The van der Waals surface area contributed by atoms with Gasteiger partial charge < -0.3 is 20.4 Å². The van der Waals surface area contributed by atoms with Gasteiger partial charge in [0.1, 0.15) is 0 Å².